The molecule has 2 aromatic carbocycles. The Balaban J connectivity index is 1.47. The lowest BCUT2D eigenvalue weighted by atomic mass is 10.0. The minimum atomic E-state index is 0.120. The van der Waals surface area contributed by atoms with Crippen molar-refractivity contribution >= 4 is 17.7 Å². The van der Waals surface area contributed by atoms with E-state index in [2.05, 4.69) is 22.1 Å². The molecule has 0 N–H and O–H groups in total. The summed E-state index contributed by atoms with van der Waals surface area (Å²) < 4.78 is 8.02. The van der Waals surface area contributed by atoms with Gasteiger partial charge in [0.1, 0.15) is 12.4 Å². The number of para-hydroxylation sites is 2. The van der Waals surface area contributed by atoms with E-state index in [4.69, 9.17) is 4.74 Å². The van der Waals surface area contributed by atoms with Crippen LogP contribution in [0.25, 0.3) is 5.69 Å². The topological polar surface area (TPSA) is 63.5 Å². The third-order valence-electron chi connectivity index (χ3n) is 6.12. The van der Waals surface area contributed by atoms with Crippen molar-refractivity contribution in [2.75, 3.05) is 32.9 Å². The van der Waals surface area contributed by atoms with Gasteiger partial charge in [0, 0.05) is 18.8 Å². The van der Waals surface area contributed by atoms with E-state index in [-0.39, 0.29) is 12.5 Å². The number of carbonyl (C=O) groups excluding carboxylic acids is 1. The average molecular weight is 466 g/mol. The predicted molar refractivity (Wildman–Crippen MR) is 131 cm³/mol. The summed E-state index contributed by atoms with van der Waals surface area (Å²) in [4.78, 5) is 17.1. The molecule has 0 saturated carbocycles. The van der Waals surface area contributed by atoms with E-state index < -0.39 is 0 Å². The zero-order valence-corrected chi connectivity index (χ0v) is 20.3. The zero-order valence-electron chi connectivity index (χ0n) is 19.5. The van der Waals surface area contributed by atoms with Crippen molar-refractivity contribution in [1.82, 2.24) is 24.6 Å². The number of nitrogens with zero attached hydrogens (tertiary/aromatic N) is 5. The Labute approximate surface area is 199 Å². The van der Waals surface area contributed by atoms with E-state index in [0.717, 1.165) is 42.9 Å². The van der Waals surface area contributed by atoms with Crippen LogP contribution in [0, 0.1) is 6.92 Å². The second-order valence-electron chi connectivity index (χ2n) is 8.45. The van der Waals surface area contributed by atoms with Crippen LogP contribution in [0.5, 0.6) is 5.75 Å². The van der Waals surface area contributed by atoms with E-state index in [0.29, 0.717) is 22.8 Å². The fraction of sp³-hybridized carbons (Fsp3) is 0.400. The Morgan fingerprint density at radius 3 is 2.52 bits per heavy atom. The minimum absolute atomic E-state index is 0.120. The Kier molecular flexibility index (Phi) is 7.67. The molecule has 0 aliphatic carbocycles. The van der Waals surface area contributed by atoms with Crippen LogP contribution in [0.3, 0.4) is 0 Å². The molecular formula is C25H31N5O2S. The molecule has 1 aromatic heterocycles. The number of ether oxygens (including phenoxy) is 1. The average Bonchev–Trinajstić information content (AvgIpc) is 3.25. The standard InChI is InChI=1S/C25H31N5O2S/c1-19-9-7-8-12-22(19)32-17-23-26-27-25(30(23)21-10-5-4-6-11-21)33-18-24(31)29(3)20-13-15-28(2)16-14-20/h4-12,20H,13-18H2,1-3H3. The molecule has 2 heterocycles. The summed E-state index contributed by atoms with van der Waals surface area (Å²) in [6, 6.07) is 18.2. The van der Waals surface area contributed by atoms with E-state index in [1.54, 1.807) is 0 Å². The lowest BCUT2D eigenvalue weighted by Gasteiger charge is -2.35. The van der Waals surface area contributed by atoms with Gasteiger partial charge in [-0.1, -0.05) is 48.2 Å². The first-order chi connectivity index (χ1) is 16.0. The monoisotopic (exact) mass is 465 g/mol. The van der Waals surface area contributed by atoms with Crippen LogP contribution in [-0.4, -0.2) is 69.5 Å². The first-order valence-electron chi connectivity index (χ1n) is 11.3. The van der Waals surface area contributed by atoms with E-state index in [1.165, 1.54) is 11.8 Å². The normalized spacial score (nSPS) is 14.9. The third-order valence-corrected chi connectivity index (χ3v) is 7.03. The molecule has 0 atom stereocenters. The summed E-state index contributed by atoms with van der Waals surface area (Å²) in [5.74, 6) is 1.97. The number of piperidine rings is 1. The highest BCUT2D eigenvalue weighted by molar-refractivity contribution is 7.99. The Morgan fingerprint density at radius 2 is 1.79 bits per heavy atom. The highest BCUT2D eigenvalue weighted by Crippen LogP contribution is 2.25. The van der Waals surface area contributed by atoms with Gasteiger partial charge < -0.3 is 14.5 Å². The summed E-state index contributed by atoms with van der Waals surface area (Å²) in [6.45, 7) is 4.37. The van der Waals surface area contributed by atoms with Gasteiger partial charge in [-0.25, -0.2) is 0 Å². The van der Waals surface area contributed by atoms with Crippen LogP contribution in [0.15, 0.2) is 59.8 Å². The summed E-state index contributed by atoms with van der Waals surface area (Å²) in [7, 11) is 4.05. The number of hydrogen-bond acceptors (Lipinski definition) is 6. The molecular weight excluding hydrogens is 434 g/mol. The molecule has 0 bridgehead atoms. The number of amides is 1. The van der Waals surface area contributed by atoms with Crippen molar-refractivity contribution in [1.29, 1.82) is 0 Å². The summed E-state index contributed by atoms with van der Waals surface area (Å²) in [5, 5.41) is 9.48. The summed E-state index contributed by atoms with van der Waals surface area (Å²) >= 11 is 1.42. The lowest BCUT2D eigenvalue weighted by Crippen LogP contribution is -2.45. The molecule has 33 heavy (non-hydrogen) atoms. The maximum Gasteiger partial charge on any atom is 0.233 e. The molecule has 1 aliphatic heterocycles. The quantitative estimate of drug-likeness (QED) is 0.472. The molecule has 1 saturated heterocycles. The third kappa shape index (κ3) is 5.75. The lowest BCUT2D eigenvalue weighted by molar-refractivity contribution is -0.129. The van der Waals surface area contributed by atoms with Gasteiger partial charge in [-0.3, -0.25) is 9.36 Å². The first-order valence-corrected chi connectivity index (χ1v) is 12.3. The van der Waals surface area contributed by atoms with Crippen molar-refractivity contribution in [3.8, 4) is 11.4 Å². The number of aromatic nitrogens is 3. The smallest absolute Gasteiger partial charge is 0.233 e. The zero-order chi connectivity index (χ0) is 23.2. The molecule has 1 aliphatic rings. The van der Waals surface area contributed by atoms with Crippen molar-refractivity contribution in [3.05, 3.63) is 66.0 Å². The molecule has 1 amide bonds. The largest absolute Gasteiger partial charge is 0.485 e. The maximum atomic E-state index is 12.9. The molecule has 0 radical (unpaired) electrons. The van der Waals surface area contributed by atoms with E-state index >= 15 is 0 Å². The van der Waals surface area contributed by atoms with Gasteiger partial charge in [0.25, 0.3) is 0 Å². The van der Waals surface area contributed by atoms with Gasteiger partial charge in [-0.2, -0.15) is 0 Å². The van der Waals surface area contributed by atoms with Crippen LogP contribution in [0.4, 0.5) is 0 Å². The van der Waals surface area contributed by atoms with Crippen molar-refractivity contribution in [2.45, 2.75) is 37.6 Å². The van der Waals surface area contributed by atoms with Crippen LogP contribution >= 0.6 is 11.8 Å². The van der Waals surface area contributed by atoms with Crippen LogP contribution in [0.1, 0.15) is 24.2 Å². The highest BCUT2D eigenvalue weighted by atomic mass is 32.2. The Hall–Kier alpha value is -2.84. The fourth-order valence-electron chi connectivity index (χ4n) is 4.00. The van der Waals surface area contributed by atoms with Gasteiger partial charge in [-0.15, -0.1) is 10.2 Å². The Bertz CT molecular complexity index is 1060. The van der Waals surface area contributed by atoms with Crippen molar-refractivity contribution in [3.63, 3.8) is 0 Å². The molecule has 4 rings (SSSR count). The highest BCUT2D eigenvalue weighted by Gasteiger charge is 2.25. The fourth-order valence-corrected chi connectivity index (χ4v) is 4.89. The first kappa shape index (κ1) is 23.3. The number of hydrogen-bond donors (Lipinski definition) is 0. The van der Waals surface area contributed by atoms with Crippen LogP contribution < -0.4 is 4.74 Å². The van der Waals surface area contributed by atoms with Crippen molar-refractivity contribution < 1.29 is 9.53 Å². The van der Waals surface area contributed by atoms with Crippen molar-refractivity contribution in [2.24, 2.45) is 0 Å². The van der Waals surface area contributed by atoms with Gasteiger partial charge in [-0.05, 0) is 63.7 Å². The van der Waals surface area contributed by atoms with E-state index in [9.17, 15) is 4.79 Å². The predicted octanol–water partition coefficient (Wildman–Crippen LogP) is 3.80. The second kappa shape index (κ2) is 10.9. The molecule has 1 fully saturated rings. The van der Waals surface area contributed by atoms with Crippen LogP contribution in [0.2, 0.25) is 0 Å². The van der Waals surface area contributed by atoms with Gasteiger partial charge in [0.15, 0.2) is 11.0 Å². The molecule has 174 valence electrons. The summed E-state index contributed by atoms with van der Waals surface area (Å²) in [6.07, 6.45) is 2.04. The SMILES string of the molecule is Cc1ccccc1OCc1nnc(SCC(=O)N(C)C2CCN(C)CC2)n1-c1ccccc1. The molecule has 0 spiro atoms. The maximum absolute atomic E-state index is 12.9. The van der Waals surface area contributed by atoms with Gasteiger partial charge in [0.2, 0.25) is 5.91 Å². The molecule has 3 aromatic rings. The molecule has 8 heteroatoms. The van der Waals surface area contributed by atoms with E-state index in [1.807, 2.05) is 78.0 Å². The van der Waals surface area contributed by atoms with Gasteiger partial charge >= 0.3 is 0 Å². The number of aryl methyl sites for hydroxylation is 1. The molecule has 0 unspecified atom stereocenters. The summed E-state index contributed by atoms with van der Waals surface area (Å²) in [5.41, 5.74) is 2.02. The Morgan fingerprint density at radius 1 is 1.09 bits per heavy atom. The number of likely N-dealkylation sites (tertiary alicyclic amines) is 1. The molecule has 7 nitrogen and oxygen atoms in total. The number of rotatable bonds is 8. The number of carbonyl (C=O) groups is 1. The number of benzene rings is 2. The number of thioether (sulfide) groups is 1. The second-order valence-corrected chi connectivity index (χ2v) is 9.39. The minimum Gasteiger partial charge on any atom is -0.485 e. The van der Waals surface area contributed by atoms with Gasteiger partial charge in [0.05, 0.1) is 5.75 Å². The van der Waals surface area contributed by atoms with Crippen LogP contribution in [-0.2, 0) is 11.4 Å².